The lowest BCUT2D eigenvalue weighted by Gasteiger charge is -2.25. The normalized spacial score (nSPS) is 17.0. The summed E-state index contributed by atoms with van der Waals surface area (Å²) < 4.78 is 35.6. The fourth-order valence-corrected chi connectivity index (χ4v) is 3.73. The Morgan fingerprint density at radius 2 is 1.87 bits per heavy atom. The maximum atomic E-state index is 12.7. The second-order valence-corrected chi connectivity index (χ2v) is 9.58. The first-order chi connectivity index (χ1) is 14.0. The zero-order valence-electron chi connectivity index (χ0n) is 17.4. The maximum Gasteiger partial charge on any atom is 0.416 e. The predicted molar refractivity (Wildman–Crippen MR) is 112 cm³/mol. The van der Waals surface area contributed by atoms with Crippen molar-refractivity contribution in [2.45, 2.75) is 44.2 Å². The van der Waals surface area contributed by atoms with Crippen molar-refractivity contribution in [2.75, 3.05) is 13.2 Å². The van der Waals surface area contributed by atoms with Crippen molar-refractivity contribution < 1.29 is 22.1 Å². The van der Waals surface area contributed by atoms with Crippen LogP contribution in [0.5, 0.6) is 0 Å². The van der Waals surface area contributed by atoms with Gasteiger partial charge in [-0.25, -0.2) is 4.79 Å². The van der Waals surface area contributed by atoms with Gasteiger partial charge in [0, 0.05) is 6.20 Å². The van der Waals surface area contributed by atoms with Gasteiger partial charge < -0.3 is 4.74 Å². The van der Waals surface area contributed by atoms with Gasteiger partial charge >= 0.3 is 6.09 Å². The van der Waals surface area contributed by atoms with Crippen LogP contribution < -0.4 is 0 Å². The minimum Gasteiger partial charge on any atom is -0.443 e. The first-order valence-corrected chi connectivity index (χ1v) is 10.9. The number of amides is 1. The van der Waals surface area contributed by atoms with Crippen LogP contribution in [0.2, 0.25) is 0 Å². The van der Waals surface area contributed by atoms with Crippen molar-refractivity contribution in [3.63, 3.8) is 0 Å². The number of ether oxygens (including phenoxy) is 1. The zero-order valence-corrected chi connectivity index (χ0v) is 18.2. The molecule has 0 bridgehead atoms. The number of aryl methyl sites for hydroxylation is 1. The average Bonchev–Trinajstić information content (AvgIpc) is 3.11. The highest BCUT2D eigenvalue weighted by Gasteiger charge is 2.35. The van der Waals surface area contributed by atoms with Crippen molar-refractivity contribution in [3.05, 3.63) is 59.9 Å². The van der Waals surface area contributed by atoms with Crippen molar-refractivity contribution in [1.82, 2.24) is 9.88 Å². The van der Waals surface area contributed by atoms with Crippen LogP contribution >= 0.6 is 0 Å². The SMILES string of the molecule is Cc1ccc(S(=O)(=O)OC[C@@H]2CN(C(=O)OC(C)(C)C)C(c3ccccn3)=N2)cc1. The van der Waals surface area contributed by atoms with Crippen molar-refractivity contribution in [1.29, 1.82) is 0 Å². The smallest absolute Gasteiger partial charge is 0.416 e. The van der Waals surface area contributed by atoms with E-state index in [2.05, 4.69) is 9.98 Å². The summed E-state index contributed by atoms with van der Waals surface area (Å²) in [5, 5.41) is 0. The van der Waals surface area contributed by atoms with Gasteiger partial charge in [-0.2, -0.15) is 8.42 Å². The van der Waals surface area contributed by atoms with E-state index in [0.29, 0.717) is 11.5 Å². The number of carbonyl (C=O) groups excluding carboxylic acids is 1. The second-order valence-electron chi connectivity index (χ2n) is 7.96. The number of carbonyl (C=O) groups is 1. The number of benzene rings is 1. The third-order valence-corrected chi connectivity index (χ3v) is 5.48. The lowest BCUT2D eigenvalue weighted by Crippen LogP contribution is -2.40. The number of amidine groups is 1. The summed E-state index contributed by atoms with van der Waals surface area (Å²) in [4.78, 5) is 22.9. The molecule has 0 spiro atoms. The Bertz CT molecular complexity index is 1030. The Morgan fingerprint density at radius 1 is 1.17 bits per heavy atom. The molecule has 9 heteroatoms. The fraction of sp³-hybridized carbons (Fsp3) is 0.381. The largest absolute Gasteiger partial charge is 0.443 e. The average molecular weight is 432 g/mol. The van der Waals surface area contributed by atoms with E-state index in [1.165, 1.54) is 17.0 Å². The molecule has 1 aliphatic heterocycles. The lowest BCUT2D eigenvalue weighted by molar-refractivity contribution is 0.0374. The molecule has 2 heterocycles. The van der Waals surface area contributed by atoms with E-state index in [0.717, 1.165) is 5.56 Å². The molecule has 30 heavy (non-hydrogen) atoms. The van der Waals surface area contributed by atoms with Crippen LogP contribution in [0.25, 0.3) is 0 Å². The van der Waals surface area contributed by atoms with E-state index in [4.69, 9.17) is 8.92 Å². The van der Waals surface area contributed by atoms with Gasteiger partial charge in [0.1, 0.15) is 11.3 Å². The summed E-state index contributed by atoms with van der Waals surface area (Å²) in [6.45, 7) is 7.11. The van der Waals surface area contributed by atoms with E-state index < -0.39 is 27.9 Å². The van der Waals surface area contributed by atoms with Crippen LogP contribution in [0.4, 0.5) is 4.79 Å². The van der Waals surface area contributed by atoms with Crippen LogP contribution in [0.15, 0.2) is 58.5 Å². The molecule has 0 unspecified atom stereocenters. The van der Waals surface area contributed by atoms with E-state index in [9.17, 15) is 13.2 Å². The summed E-state index contributed by atoms with van der Waals surface area (Å²) in [7, 11) is -3.93. The van der Waals surface area contributed by atoms with E-state index in [1.807, 2.05) is 6.92 Å². The molecule has 0 saturated carbocycles. The maximum absolute atomic E-state index is 12.7. The molecular weight excluding hydrogens is 406 g/mol. The summed E-state index contributed by atoms with van der Waals surface area (Å²) in [5.74, 6) is 0.325. The van der Waals surface area contributed by atoms with Crippen molar-refractivity contribution >= 4 is 22.0 Å². The molecule has 1 aromatic carbocycles. The molecule has 1 atom stereocenters. The van der Waals surface area contributed by atoms with Gasteiger partial charge in [-0.15, -0.1) is 0 Å². The summed E-state index contributed by atoms with van der Waals surface area (Å²) in [6.07, 6.45) is 1.02. The second kappa shape index (κ2) is 8.53. The predicted octanol–water partition coefficient (Wildman–Crippen LogP) is 3.16. The van der Waals surface area contributed by atoms with Crippen LogP contribution in [0, 0.1) is 6.92 Å². The minimum absolute atomic E-state index is 0.0732. The van der Waals surface area contributed by atoms with Gasteiger partial charge in [0.25, 0.3) is 10.1 Å². The number of rotatable bonds is 5. The van der Waals surface area contributed by atoms with E-state index in [1.54, 1.807) is 57.3 Å². The Morgan fingerprint density at radius 3 is 2.47 bits per heavy atom. The van der Waals surface area contributed by atoms with E-state index >= 15 is 0 Å². The van der Waals surface area contributed by atoms with Gasteiger partial charge in [0.05, 0.1) is 24.1 Å². The third kappa shape index (κ3) is 5.43. The minimum atomic E-state index is -3.93. The van der Waals surface area contributed by atoms with Crippen LogP contribution in [-0.2, 0) is 19.0 Å². The fourth-order valence-electron chi connectivity index (χ4n) is 2.79. The highest BCUT2D eigenvalue weighted by molar-refractivity contribution is 7.86. The number of nitrogens with zero attached hydrogens (tertiary/aromatic N) is 3. The first-order valence-electron chi connectivity index (χ1n) is 9.51. The first kappa shape index (κ1) is 21.9. The van der Waals surface area contributed by atoms with Crippen molar-refractivity contribution in [2.24, 2.45) is 4.99 Å². The van der Waals surface area contributed by atoms with Gasteiger partial charge in [-0.3, -0.25) is 19.1 Å². The number of pyridine rings is 1. The Balaban J connectivity index is 1.78. The Labute approximate surface area is 176 Å². The molecule has 0 fully saturated rings. The van der Waals surface area contributed by atoms with Gasteiger partial charge in [-0.05, 0) is 52.0 Å². The molecule has 1 aromatic heterocycles. The van der Waals surface area contributed by atoms with Crippen LogP contribution in [-0.4, -0.2) is 55.0 Å². The highest BCUT2D eigenvalue weighted by Crippen LogP contribution is 2.20. The number of hydrogen-bond donors (Lipinski definition) is 0. The highest BCUT2D eigenvalue weighted by atomic mass is 32.2. The van der Waals surface area contributed by atoms with Crippen molar-refractivity contribution in [3.8, 4) is 0 Å². The third-order valence-electron chi connectivity index (χ3n) is 4.19. The van der Waals surface area contributed by atoms with Gasteiger partial charge in [-0.1, -0.05) is 23.8 Å². The summed E-state index contributed by atoms with van der Waals surface area (Å²) >= 11 is 0. The molecule has 0 saturated heterocycles. The molecule has 1 amide bonds. The molecule has 0 N–H and O–H groups in total. The van der Waals surface area contributed by atoms with Gasteiger partial charge in [0.2, 0.25) is 0 Å². The lowest BCUT2D eigenvalue weighted by atomic mass is 10.2. The van der Waals surface area contributed by atoms with E-state index in [-0.39, 0.29) is 18.0 Å². The molecule has 8 nitrogen and oxygen atoms in total. The van der Waals surface area contributed by atoms with Gasteiger partial charge in [0.15, 0.2) is 5.84 Å². The topological polar surface area (TPSA) is 98.2 Å². The Hall–Kier alpha value is -2.78. The van der Waals surface area contributed by atoms with Crippen LogP contribution in [0.1, 0.15) is 32.0 Å². The quantitative estimate of drug-likeness (QED) is 0.675. The molecule has 0 aliphatic carbocycles. The molecule has 0 radical (unpaired) electrons. The zero-order chi connectivity index (χ0) is 21.9. The monoisotopic (exact) mass is 431 g/mol. The molecule has 1 aliphatic rings. The molecule has 160 valence electrons. The summed E-state index contributed by atoms with van der Waals surface area (Å²) in [5.41, 5.74) is 0.755. The molecule has 3 rings (SSSR count). The summed E-state index contributed by atoms with van der Waals surface area (Å²) in [6, 6.07) is 11.1. The van der Waals surface area contributed by atoms with Crippen LogP contribution in [0.3, 0.4) is 0 Å². The number of aliphatic imine (C=N–C) groups is 1. The molecular formula is C21H25N3O5S. The number of hydrogen-bond acceptors (Lipinski definition) is 7. The molecule has 2 aromatic rings. The standard InChI is InChI=1S/C21H25N3O5S/c1-15-8-10-17(11-9-15)30(26,27)28-14-16-13-24(20(25)29-21(2,3)4)19(23-16)18-7-5-6-12-22-18/h5-12,16H,13-14H2,1-4H3/t16-/m0/s1. The Kier molecular flexibility index (Phi) is 6.23. The number of aromatic nitrogens is 1.